The van der Waals surface area contributed by atoms with Crippen molar-refractivity contribution in [2.45, 2.75) is 0 Å². The van der Waals surface area contributed by atoms with Gasteiger partial charge < -0.3 is 4.42 Å². The molecule has 0 bridgehead atoms. The van der Waals surface area contributed by atoms with Gasteiger partial charge in [0.15, 0.2) is 0 Å². The summed E-state index contributed by atoms with van der Waals surface area (Å²) in [5.74, 6) is 0. The van der Waals surface area contributed by atoms with Crippen LogP contribution in [0.5, 0.6) is 0 Å². The Kier molecular flexibility index (Phi) is 4.49. The summed E-state index contributed by atoms with van der Waals surface area (Å²) < 4.78 is 6.49. The molecule has 35 heavy (non-hydrogen) atoms. The van der Waals surface area contributed by atoms with E-state index in [0.717, 1.165) is 44.1 Å². The monoisotopic (exact) mass is 447 g/mol. The van der Waals surface area contributed by atoms with E-state index in [4.69, 9.17) is 9.40 Å². The lowest BCUT2D eigenvalue weighted by Crippen LogP contribution is -1.84. The minimum atomic E-state index is 0.875. The van der Waals surface area contributed by atoms with Crippen molar-refractivity contribution < 1.29 is 4.42 Å². The van der Waals surface area contributed by atoms with Gasteiger partial charge in [0, 0.05) is 27.9 Å². The van der Waals surface area contributed by atoms with Gasteiger partial charge in [-0.15, -0.1) is 0 Å². The average Bonchev–Trinajstić information content (AvgIpc) is 3.31. The summed E-state index contributed by atoms with van der Waals surface area (Å²) in [5, 5.41) is 4.53. The molecule has 2 aromatic heterocycles. The summed E-state index contributed by atoms with van der Waals surface area (Å²) in [5.41, 5.74) is 8.42. The molecule has 0 amide bonds. The Morgan fingerprint density at radius 2 is 1.20 bits per heavy atom. The third-order valence-electron chi connectivity index (χ3n) is 6.71. The zero-order valence-electron chi connectivity index (χ0n) is 19.0. The first-order valence-corrected chi connectivity index (χ1v) is 11.8. The second-order valence-electron chi connectivity index (χ2n) is 8.86. The summed E-state index contributed by atoms with van der Waals surface area (Å²) in [6, 6.07) is 42.4. The van der Waals surface area contributed by atoms with Crippen LogP contribution in [0.1, 0.15) is 0 Å². The highest BCUT2D eigenvalue weighted by molar-refractivity contribution is 6.10. The number of benzene rings is 5. The van der Waals surface area contributed by atoms with Gasteiger partial charge in [-0.3, -0.25) is 4.98 Å². The molecule has 0 aliphatic heterocycles. The maximum Gasteiger partial charge on any atom is 0.144 e. The smallest absolute Gasteiger partial charge is 0.144 e. The third kappa shape index (κ3) is 3.39. The molecular weight excluding hydrogens is 426 g/mol. The van der Waals surface area contributed by atoms with E-state index in [2.05, 4.69) is 109 Å². The fourth-order valence-corrected chi connectivity index (χ4v) is 4.92. The molecule has 2 heteroatoms. The van der Waals surface area contributed by atoms with Crippen molar-refractivity contribution in [1.82, 2.24) is 4.98 Å². The topological polar surface area (TPSA) is 26.0 Å². The Bertz CT molecular complexity index is 1850. The molecule has 0 unspecified atom stereocenters. The van der Waals surface area contributed by atoms with Crippen LogP contribution in [-0.2, 0) is 0 Å². The van der Waals surface area contributed by atoms with E-state index in [0.29, 0.717) is 0 Å². The van der Waals surface area contributed by atoms with Crippen LogP contribution in [0.4, 0.5) is 0 Å². The van der Waals surface area contributed by atoms with E-state index in [1.807, 2.05) is 18.3 Å². The van der Waals surface area contributed by atoms with Crippen LogP contribution in [0, 0.1) is 0 Å². The molecule has 0 aliphatic rings. The normalized spacial score (nSPS) is 11.4. The van der Waals surface area contributed by atoms with E-state index >= 15 is 0 Å². The molecule has 5 aromatic carbocycles. The number of furan rings is 1. The van der Waals surface area contributed by atoms with E-state index in [-0.39, 0.29) is 0 Å². The number of fused-ring (bicyclic) bond motifs is 4. The van der Waals surface area contributed by atoms with Crippen LogP contribution in [0.25, 0.3) is 66.2 Å². The van der Waals surface area contributed by atoms with Gasteiger partial charge in [-0.05, 0) is 58.0 Å². The average molecular weight is 448 g/mol. The fraction of sp³-hybridized carbons (Fsp3) is 0. The van der Waals surface area contributed by atoms with Crippen LogP contribution in [0.2, 0.25) is 0 Å². The van der Waals surface area contributed by atoms with E-state index in [9.17, 15) is 0 Å². The van der Waals surface area contributed by atoms with E-state index in [1.165, 1.54) is 22.1 Å². The van der Waals surface area contributed by atoms with Crippen LogP contribution >= 0.6 is 0 Å². The lowest BCUT2D eigenvalue weighted by atomic mass is 9.98. The lowest BCUT2D eigenvalue weighted by Gasteiger charge is -2.06. The minimum absolute atomic E-state index is 0.875. The van der Waals surface area contributed by atoms with Gasteiger partial charge in [0.25, 0.3) is 0 Å². The highest BCUT2D eigenvalue weighted by Crippen LogP contribution is 2.37. The lowest BCUT2D eigenvalue weighted by molar-refractivity contribution is 0.670. The number of hydrogen-bond donors (Lipinski definition) is 0. The molecule has 0 aliphatic carbocycles. The SMILES string of the molecule is c1ccc(-c2cccc(-c3ccc4c(c3)oc3c(-c5cc6ccccc6cn5)cccc34)c2)cc1. The van der Waals surface area contributed by atoms with Crippen molar-refractivity contribution in [2.24, 2.45) is 0 Å². The summed E-state index contributed by atoms with van der Waals surface area (Å²) in [4.78, 5) is 4.74. The number of pyridine rings is 1. The van der Waals surface area contributed by atoms with Crippen LogP contribution in [0.3, 0.4) is 0 Å². The van der Waals surface area contributed by atoms with Crippen molar-refractivity contribution in [1.29, 1.82) is 0 Å². The first-order chi connectivity index (χ1) is 17.3. The van der Waals surface area contributed by atoms with Gasteiger partial charge in [0.05, 0.1) is 5.69 Å². The van der Waals surface area contributed by atoms with Crippen LogP contribution < -0.4 is 0 Å². The van der Waals surface area contributed by atoms with Gasteiger partial charge in [0.2, 0.25) is 0 Å². The first kappa shape index (κ1) is 19.7. The predicted molar refractivity (Wildman–Crippen MR) is 145 cm³/mol. The molecule has 0 N–H and O–H groups in total. The summed E-state index contributed by atoms with van der Waals surface area (Å²) in [6.07, 6.45) is 1.93. The minimum Gasteiger partial charge on any atom is -0.455 e. The third-order valence-corrected chi connectivity index (χ3v) is 6.71. The number of rotatable bonds is 3. The summed E-state index contributed by atoms with van der Waals surface area (Å²) in [6.45, 7) is 0. The molecule has 2 heterocycles. The first-order valence-electron chi connectivity index (χ1n) is 11.8. The Hall–Kier alpha value is -4.69. The van der Waals surface area contributed by atoms with Crippen molar-refractivity contribution in [3.05, 3.63) is 128 Å². The largest absolute Gasteiger partial charge is 0.455 e. The molecule has 0 fully saturated rings. The molecule has 0 spiro atoms. The fourth-order valence-electron chi connectivity index (χ4n) is 4.92. The Labute approximate surface area is 203 Å². The molecule has 0 saturated carbocycles. The van der Waals surface area contributed by atoms with Gasteiger partial charge in [0.1, 0.15) is 11.2 Å². The highest BCUT2D eigenvalue weighted by Gasteiger charge is 2.14. The maximum atomic E-state index is 6.49. The maximum absolute atomic E-state index is 6.49. The molecular formula is C33H21NO. The molecule has 0 radical (unpaired) electrons. The number of para-hydroxylation sites is 1. The van der Waals surface area contributed by atoms with Crippen LogP contribution in [0.15, 0.2) is 132 Å². The number of hydrogen-bond acceptors (Lipinski definition) is 2. The predicted octanol–water partition coefficient (Wildman–Crippen LogP) is 9.14. The van der Waals surface area contributed by atoms with Gasteiger partial charge >= 0.3 is 0 Å². The Morgan fingerprint density at radius 3 is 2.09 bits per heavy atom. The van der Waals surface area contributed by atoms with Gasteiger partial charge in [-0.2, -0.15) is 0 Å². The number of aromatic nitrogens is 1. The summed E-state index contributed by atoms with van der Waals surface area (Å²) >= 11 is 0. The van der Waals surface area contributed by atoms with Crippen molar-refractivity contribution in [3.8, 4) is 33.5 Å². The zero-order chi connectivity index (χ0) is 23.2. The standard InChI is InChI=1S/C33H21NO/c1-2-8-22(9-3-1)23-12-6-13-24(18-23)26-16-17-28-29-14-7-15-30(33(29)35-32(28)20-26)31-19-25-10-4-5-11-27(25)21-34-31/h1-21H. The zero-order valence-corrected chi connectivity index (χ0v) is 19.0. The van der Waals surface area contributed by atoms with Gasteiger partial charge in [-0.25, -0.2) is 0 Å². The van der Waals surface area contributed by atoms with E-state index < -0.39 is 0 Å². The van der Waals surface area contributed by atoms with Crippen molar-refractivity contribution >= 4 is 32.7 Å². The Balaban J connectivity index is 1.36. The number of nitrogens with zero attached hydrogens (tertiary/aromatic N) is 1. The molecule has 0 atom stereocenters. The quantitative estimate of drug-likeness (QED) is 0.270. The van der Waals surface area contributed by atoms with E-state index in [1.54, 1.807) is 0 Å². The molecule has 164 valence electrons. The second kappa shape index (κ2) is 7.96. The highest BCUT2D eigenvalue weighted by atomic mass is 16.3. The second-order valence-corrected chi connectivity index (χ2v) is 8.86. The van der Waals surface area contributed by atoms with Crippen molar-refractivity contribution in [3.63, 3.8) is 0 Å². The summed E-state index contributed by atoms with van der Waals surface area (Å²) in [7, 11) is 0. The molecule has 0 saturated heterocycles. The molecule has 7 rings (SSSR count). The Morgan fingerprint density at radius 1 is 0.486 bits per heavy atom. The van der Waals surface area contributed by atoms with Crippen LogP contribution in [-0.4, -0.2) is 4.98 Å². The molecule has 2 nitrogen and oxygen atoms in total. The van der Waals surface area contributed by atoms with Gasteiger partial charge in [-0.1, -0.05) is 91.0 Å². The molecule has 7 aromatic rings. The van der Waals surface area contributed by atoms with Crippen molar-refractivity contribution in [2.75, 3.05) is 0 Å².